The molecule has 1 saturated heterocycles. The molecule has 0 radical (unpaired) electrons. The number of carbonyl (C=O) groups is 1. The minimum absolute atomic E-state index is 0.0363. The lowest BCUT2D eigenvalue weighted by Crippen LogP contribution is -2.37. The van der Waals surface area contributed by atoms with Crippen molar-refractivity contribution in [2.75, 3.05) is 40.0 Å². The quantitative estimate of drug-likeness (QED) is 0.778. The number of benzene rings is 2. The van der Waals surface area contributed by atoms with Crippen molar-refractivity contribution in [1.82, 2.24) is 10.2 Å². The van der Waals surface area contributed by atoms with Gasteiger partial charge >= 0.3 is 0 Å². The predicted molar refractivity (Wildman–Crippen MR) is 111 cm³/mol. The lowest BCUT2D eigenvalue weighted by atomic mass is 10.0. The van der Waals surface area contributed by atoms with Gasteiger partial charge in [-0.25, -0.2) is 0 Å². The molecule has 2 heterocycles. The molecular formula is C22H25ClN2O4. The van der Waals surface area contributed by atoms with Crippen molar-refractivity contribution in [2.24, 2.45) is 0 Å². The van der Waals surface area contributed by atoms with E-state index in [9.17, 15) is 4.79 Å². The molecule has 0 aliphatic carbocycles. The van der Waals surface area contributed by atoms with Crippen LogP contribution in [-0.4, -0.2) is 50.8 Å². The Labute approximate surface area is 175 Å². The normalized spacial score (nSPS) is 17.0. The molecule has 4 rings (SSSR count). The minimum Gasteiger partial charge on any atom is -0.493 e. The first kappa shape index (κ1) is 19.9. The van der Waals surface area contributed by atoms with Crippen LogP contribution in [0.1, 0.15) is 34.8 Å². The molecule has 2 aromatic rings. The van der Waals surface area contributed by atoms with Crippen molar-refractivity contribution in [3.05, 3.63) is 52.5 Å². The summed E-state index contributed by atoms with van der Waals surface area (Å²) in [5.41, 5.74) is 1.52. The van der Waals surface area contributed by atoms with E-state index in [4.69, 9.17) is 25.8 Å². The minimum atomic E-state index is -0.184. The second-order valence-electron chi connectivity index (χ2n) is 7.19. The van der Waals surface area contributed by atoms with Gasteiger partial charge in [0, 0.05) is 17.1 Å². The molecule has 1 fully saturated rings. The maximum Gasteiger partial charge on any atom is 0.251 e. The molecule has 29 heavy (non-hydrogen) atoms. The SMILES string of the molecule is COc1cc(C(=O)NCC(c2ccccc2Cl)N2CCCC2)cc2c1OCCO2. The van der Waals surface area contributed by atoms with Gasteiger partial charge in [-0.05, 0) is 49.7 Å². The number of nitrogens with zero attached hydrogens (tertiary/aromatic N) is 1. The van der Waals surface area contributed by atoms with Gasteiger partial charge in [0.25, 0.3) is 5.91 Å². The number of carbonyl (C=O) groups excluding carboxylic acids is 1. The van der Waals surface area contributed by atoms with E-state index in [1.54, 1.807) is 19.2 Å². The number of halogens is 1. The van der Waals surface area contributed by atoms with Crippen LogP contribution in [0.15, 0.2) is 36.4 Å². The van der Waals surface area contributed by atoms with Gasteiger partial charge in [0.2, 0.25) is 5.75 Å². The highest BCUT2D eigenvalue weighted by Gasteiger charge is 2.26. The van der Waals surface area contributed by atoms with Crippen LogP contribution >= 0.6 is 11.6 Å². The Kier molecular flexibility index (Phi) is 6.11. The van der Waals surface area contributed by atoms with Crippen LogP contribution in [0, 0.1) is 0 Å². The Morgan fingerprint density at radius 3 is 2.72 bits per heavy atom. The third-order valence-corrected chi connectivity index (χ3v) is 5.74. The van der Waals surface area contributed by atoms with E-state index < -0.39 is 0 Å². The first-order valence-electron chi connectivity index (χ1n) is 9.91. The molecule has 2 aromatic carbocycles. The fraction of sp³-hybridized carbons (Fsp3) is 0.409. The van der Waals surface area contributed by atoms with Crippen LogP contribution in [-0.2, 0) is 0 Å². The van der Waals surface area contributed by atoms with Gasteiger partial charge in [-0.1, -0.05) is 29.8 Å². The molecule has 1 amide bonds. The lowest BCUT2D eigenvalue weighted by Gasteiger charge is -2.29. The summed E-state index contributed by atoms with van der Waals surface area (Å²) in [6.07, 6.45) is 2.32. The molecule has 0 saturated carbocycles. The van der Waals surface area contributed by atoms with Crippen LogP contribution in [0.2, 0.25) is 5.02 Å². The fourth-order valence-corrected chi connectivity index (χ4v) is 4.19. The largest absolute Gasteiger partial charge is 0.493 e. The Balaban J connectivity index is 1.53. The zero-order chi connectivity index (χ0) is 20.2. The Morgan fingerprint density at radius 1 is 1.21 bits per heavy atom. The standard InChI is InChI=1S/C22H25ClN2O4/c1-27-19-12-15(13-20-21(19)29-11-10-28-20)22(26)24-14-18(25-8-4-5-9-25)16-6-2-3-7-17(16)23/h2-3,6-7,12-13,18H,4-5,8-11,14H2,1H3,(H,24,26). The van der Waals surface area contributed by atoms with E-state index in [0.29, 0.717) is 42.6 Å². The summed E-state index contributed by atoms with van der Waals surface area (Å²) in [6.45, 7) is 3.39. The van der Waals surface area contributed by atoms with Crippen LogP contribution in [0.25, 0.3) is 0 Å². The lowest BCUT2D eigenvalue weighted by molar-refractivity contribution is 0.0936. The molecular weight excluding hydrogens is 392 g/mol. The second-order valence-corrected chi connectivity index (χ2v) is 7.60. The number of amides is 1. The summed E-state index contributed by atoms with van der Waals surface area (Å²) in [7, 11) is 1.55. The third kappa shape index (κ3) is 4.28. The van der Waals surface area contributed by atoms with Crippen molar-refractivity contribution in [2.45, 2.75) is 18.9 Å². The zero-order valence-electron chi connectivity index (χ0n) is 16.4. The maximum atomic E-state index is 12.9. The van der Waals surface area contributed by atoms with E-state index in [2.05, 4.69) is 10.2 Å². The van der Waals surface area contributed by atoms with Crippen molar-refractivity contribution < 1.29 is 19.0 Å². The van der Waals surface area contributed by atoms with Crippen molar-refractivity contribution >= 4 is 17.5 Å². The molecule has 1 unspecified atom stereocenters. The van der Waals surface area contributed by atoms with Gasteiger partial charge in [-0.15, -0.1) is 0 Å². The van der Waals surface area contributed by atoms with E-state index in [-0.39, 0.29) is 11.9 Å². The second kappa shape index (κ2) is 8.93. The molecule has 2 aliphatic rings. The van der Waals surface area contributed by atoms with Gasteiger partial charge in [-0.3, -0.25) is 9.69 Å². The highest BCUT2D eigenvalue weighted by Crippen LogP contribution is 2.40. The summed E-state index contributed by atoms with van der Waals surface area (Å²) in [6, 6.07) is 11.3. The molecule has 1 N–H and O–H groups in total. The highest BCUT2D eigenvalue weighted by atomic mass is 35.5. The van der Waals surface area contributed by atoms with Crippen molar-refractivity contribution in [3.8, 4) is 17.2 Å². The first-order chi connectivity index (χ1) is 14.2. The fourth-order valence-electron chi connectivity index (χ4n) is 3.93. The van der Waals surface area contributed by atoms with Crippen molar-refractivity contribution in [3.63, 3.8) is 0 Å². The monoisotopic (exact) mass is 416 g/mol. The Hall–Kier alpha value is -2.44. The molecule has 0 aromatic heterocycles. The van der Waals surface area contributed by atoms with Gasteiger partial charge in [0.05, 0.1) is 13.2 Å². The number of rotatable bonds is 6. The smallest absolute Gasteiger partial charge is 0.251 e. The van der Waals surface area contributed by atoms with Crippen LogP contribution in [0.5, 0.6) is 17.2 Å². The van der Waals surface area contributed by atoms with E-state index >= 15 is 0 Å². The number of ether oxygens (including phenoxy) is 3. The summed E-state index contributed by atoms with van der Waals surface area (Å²) >= 11 is 6.46. The summed E-state index contributed by atoms with van der Waals surface area (Å²) < 4.78 is 16.6. The van der Waals surface area contributed by atoms with E-state index in [1.807, 2.05) is 24.3 Å². The molecule has 6 nitrogen and oxygen atoms in total. The Morgan fingerprint density at radius 2 is 1.97 bits per heavy atom. The summed E-state index contributed by atoms with van der Waals surface area (Å²) in [5.74, 6) is 1.38. The number of hydrogen-bond acceptors (Lipinski definition) is 5. The molecule has 1 atom stereocenters. The highest BCUT2D eigenvalue weighted by molar-refractivity contribution is 6.31. The number of nitrogens with one attached hydrogen (secondary N) is 1. The number of methoxy groups -OCH3 is 1. The average molecular weight is 417 g/mol. The Bertz CT molecular complexity index is 866. The number of likely N-dealkylation sites (tertiary alicyclic amines) is 1. The number of fused-ring (bicyclic) bond motifs is 1. The maximum absolute atomic E-state index is 12.9. The van der Waals surface area contributed by atoms with E-state index in [1.165, 1.54) is 0 Å². The van der Waals surface area contributed by atoms with Crippen LogP contribution in [0.3, 0.4) is 0 Å². The van der Waals surface area contributed by atoms with Gasteiger partial charge < -0.3 is 19.5 Å². The summed E-state index contributed by atoms with van der Waals surface area (Å²) in [4.78, 5) is 15.3. The number of hydrogen-bond donors (Lipinski definition) is 1. The third-order valence-electron chi connectivity index (χ3n) is 5.39. The molecule has 0 bridgehead atoms. The van der Waals surface area contributed by atoms with Gasteiger partial charge in [0.1, 0.15) is 13.2 Å². The predicted octanol–water partition coefficient (Wildman–Crippen LogP) is 3.69. The zero-order valence-corrected chi connectivity index (χ0v) is 17.2. The molecule has 2 aliphatic heterocycles. The van der Waals surface area contributed by atoms with Gasteiger partial charge in [-0.2, -0.15) is 0 Å². The van der Waals surface area contributed by atoms with Gasteiger partial charge in [0.15, 0.2) is 11.5 Å². The molecule has 0 spiro atoms. The van der Waals surface area contributed by atoms with Crippen LogP contribution in [0.4, 0.5) is 0 Å². The average Bonchev–Trinajstić information content (AvgIpc) is 3.28. The van der Waals surface area contributed by atoms with E-state index in [0.717, 1.165) is 36.5 Å². The van der Waals surface area contributed by atoms with Crippen LogP contribution < -0.4 is 19.5 Å². The topological polar surface area (TPSA) is 60.0 Å². The van der Waals surface area contributed by atoms with Crippen molar-refractivity contribution in [1.29, 1.82) is 0 Å². The molecule has 154 valence electrons. The first-order valence-corrected chi connectivity index (χ1v) is 10.3. The molecule has 7 heteroatoms. The summed E-state index contributed by atoms with van der Waals surface area (Å²) in [5, 5.41) is 3.79.